The Bertz CT molecular complexity index is 1350. The Morgan fingerprint density at radius 2 is 1.94 bits per heavy atom. The van der Waals surface area contributed by atoms with Crippen LogP contribution < -0.4 is 14.8 Å². The Balaban J connectivity index is 0.00000289. The number of halogens is 1. The Kier molecular flexibility index (Phi) is 7.82. The maximum atomic E-state index is 9.74. The fraction of sp³-hybridized carbons (Fsp3) is 0.333. The van der Waals surface area contributed by atoms with Gasteiger partial charge >= 0.3 is 0 Å². The minimum absolute atomic E-state index is 0. The van der Waals surface area contributed by atoms with Crippen molar-refractivity contribution < 1.29 is 14.2 Å². The highest BCUT2D eigenvalue weighted by molar-refractivity contribution is 5.98. The number of nitrogens with zero attached hydrogens (tertiary/aromatic N) is 5. The SMILES string of the molecule is COc1cc2ncc(C#N)c(Nc3ccc4n[nH]nc4c3)c2cc1OCCCN1CCOCC1.Cl. The zero-order valence-corrected chi connectivity index (χ0v) is 20.1. The number of H-pyrrole nitrogens is 1. The predicted octanol–water partition coefficient (Wildman–Crippen LogP) is 3.65. The summed E-state index contributed by atoms with van der Waals surface area (Å²) in [5.74, 6) is 1.22. The minimum Gasteiger partial charge on any atom is -0.493 e. The molecule has 0 bridgehead atoms. The standard InChI is InChI=1S/C24H25N7O3.ClH/c1-32-22-13-20-18(12-23(22)34-8-2-5-31-6-9-33-10-7-31)24(16(14-25)15-26-20)27-17-3-4-19-21(11-17)29-30-28-19;/h3-4,11-13,15H,2,5-10H2,1H3,(H,26,27)(H,28,29,30);1H. The van der Waals surface area contributed by atoms with Crippen LogP contribution >= 0.6 is 12.4 Å². The summed E-state index contributed by atoms with van der Waals surface area (Å²) in [6.45, 7) is 4.99. The van der Waals surface area contributed by atoms with Crippen molar-refractivity contribution in [3.05, 3.63) is 42.1 Å². The first kappa shape index (κ1) is 24.5. The Morgan fingerprint density at radius 1 is 1.11 bits per heavy atom. The molecule has 1 saturated heterocycles. The van der Waals surface area contributed by atoms with Crippen LogP contribution in [0.4, 0.5) is 11.4 Å². The topological polar surface area (TPSA) is 121 Å². The number of nitriles is 1. The lowest BCUT2D eigenvalue weighted by atomic mass is 10.1. The average Bonchev–Trinajstić information content (AvgIpc) is 3.35. The number of anilines is 2. The smallest absolute Gasteiger partial charge is 0.162 e. The molecule has 0 spiro atoms. The number of pyridine rings is 1. The first-order valence-electron chi connectivity index (χ1n) is 11.2. The van der Waals surface area contributed by atoms with Crippen LogP contribution in [0.15, 0.2) is 36.5 Å². The van der Waals surface area contributed by atoms with Gasteiger partial charge in [0.1, 0.15) is 17.1 Å². The van der Waals surface area contributed by atoms with E-state index in [1.54, 1.807) is 13.3 Å². The minimum atomic E-state index is 0. The largest absolute Gasteiger partial charge is 0.493 e. The van der Waals surface area contributed by atoms with Crippen LogP contribution in [0.2, 0.25) is 0 Å². The average molecular weight is 496 g/mol. The molecule has 0 amide bonds. The molecular weight excluding hydrogens is 470 g/mol. The van der Waals surface area contributed by atoms with E-state index in [-0.39, 0.29) is 12.4 Å². The number of ether oxygens (including phenoxy) is 3. The van der Waals surface area contributed by atoms with E-state index < -0.39 is 0 Å². The third kappa shape index (κ3) is 5.38. The molecule has 35 heavy (non-hydrogen) atoms. The number of benzene rings is 2. The third-order valence-electron chi connectivity index (χ3n) is 5.84. The number of fused-ring (bicyclic) bond motifs is 2. The second-order valence-electron chi connectivity index (χ2n) is 7.99. The van der Waals surface area contributed by atoms with E-state index in [0.717, 1.165) is 61.4 Å². The van der Waals surface area contributed by atoms with Crippen molar-refractivity contribution in [2.24, 2.45) is 0 Å². The Labute approximate surface area is 208 Å². The van der Waals surface area contributed by atoms with Crippen LogP contribution in [0.5, 0.6) is 11.5 Å². The van der Waals surface area contributed by atoms with E-state index in [4.69, 9.17) is 14.2 Å². The van der Waals surface area contributed by atoms with Crippen molar-refractivity contribution in [1.82, 2.24) is 25.3 Å². The second-order valence-corrected chi connectivity index (χ2v) is 7.99. The van der Waals surface area contributed by atoms with Gasteiger partial charge in [0.15, 0.2) is 11.5 Å². The van der Waals surface area contributed by atoms with Crippen molar-refractivity contribution in [3.63, 3.8) is 0 Å². The van der Waals surface area contributed by atoms with Gasteiger partial charge in [-0.3, -0.25) is 9.88 Å². The normalized spacial score (nSPS) is 13.8. The summed E-state index contributed by atoms with van der Waals surface area (Å²) in [4.78, 5) is 6.84. The van der Waals surface area contributed by atoms with Gasteiger partial charge in [-0.1, -0.05) is 0 Å². The van der Waals surface area contributed by atoms with Gasteiger partial charge in [-0.2, -0.15) is 20.7 Å². The highest BCUT2D eigenvalue weighted by atomic mass is 35.5. The Hall–Kier alpha value is -3.65. The molecule has 2 aromatic carbocycles. The number of aromatic nitrogens is 4. The highest BCUT2D eigenvalue weighted by Crippen LogP contribution is 2.37. The molecule has 1 aliphatic heterocycles. The van der Waals surface area contributed by atoms with E-state index >= 15 is 0 Å². The van der Waals surface area contributed by atoms with E-state index in [0.29, 0.717) is 34.9 Å². The van der Waals surface area contributed by atoms with Crippen LogP contribution in [-0.2, 0) is 4.74 Å². The van der Waals surface area contributed by atoms with Crippen LogP contribution in [0.3, 0.4) is 0 Å². The number of morpholine rings is 1. The highest BCUT2D eigenvalue weighted by Gasteiger charge is 2.16. The summed E-state index contributed by atoms with van der Waals surface area (Å²) in [5.41, 5.74) is 4.05. The number of hydrogen-bond donors (Lipinski definition) is 2. The van der Waals surface area contributed by atoms with Crippen LogP contribution in [0.1, 0.15) is 12.0 Å². The van der Waals surface area contributed by atoms with Gasteiger partial charge < -0.3 is 19.5 Å². The number of hydrogen-bond acceptors (Lipinski definition) is 9. The predicted molar refractivity (Wildman–Crippen MR) is 135 cm³/mol. The van der Waals surface area contributed by atoms with E-state index in [2.05, 4.69) is 36.7 Å². The molecule has 3 heterocycles. The van der Waals surface area contributed by atoms with Crippen molar-refractivity contribution in [2.45, 2.75) is 6.42 Å². The van der Waals surface area contributed by atoms with Gasteiger partial charge in [0, 0.05) is 43.0 Å². The van der Waals surface area contributed by atoms with Gasteiger partial charge in [0.25, 0.3) is 0 Å². The molecule has 0 aliphatic carbocycles. The monoisotopic (exact) mass is 495 g/mol. The fourth-order valence-corrected chi connectivity index (χ4v) is 4.05. The molecule has 0 atom stereocenters. The first-order valence-corrected chi connectivity index (χ1v) is 11.2. The zero-order valence-electron chi connectivity index (χ0n) is 19.3. The molecule has 1 aliphatic rings. The summed E-state index contributed by atoms with van der Waals surface area (Å²) in [5, 5.41) is 24.7. The number of aromatic amines is 1. The molecule has 2 aromatic heterocycles. The second kappa shape index (κ2) is 11.2. The van der Waals surface area contributed by atoms with Crippen LogP contribution in [0, 0.1) is 11.3 Å². The fourth-order valence-electron chi connectivity index (χ4n) is 4.05. The third-order valence-corrected chi connectivity index (χ3v) is 5.84. The van der Waals surface area contributed by atoms with Crippen molar-refractivity contribution in [2.75, 3.05) is 51.9 Å². The summed E-state index contributed by atoms with van der Waals surface area (Å²) >= 11 is 0. The van der Waals surface area contributed by atoms with Gasteiger partial charge in [0.05, 0.1) is 43.7 Å². The van der Waals surface area contributed by atoms with Crippen LogP contribution in [0.25, 0.3) is 21.9 Å². The molecule has 4 aromatic rings. The lowest BCUT2D eigenvalue weighted by molar-refractivity contribution is 0.0357. The maximum absolute atomic E-state index is 9.74. The molecule has 5 rings (SSSR count). The molecule has 182 valence electrons. The van der Waals surface area contributed by atoms with Gasteiger partial charge in [-0.25, -0.2) is 0 Å². The summed E-state index contributed by atoms with van der Waals surface area (Å²) < 4.78 is 17.1. The Morgan fingerprint density at radius 3 is 2.74 bits per heavy atom. The van der Waals surface area contributed by atoms with Crippen LogP contribution in [-0.4, -0.2) is 71.9 Å². The number of rotatable bonds is 8. The molecule has 0 unspecified atom stereocenters. The van der Waals surface area contributed by atoms with Gasteiger partial charge in [-0.05, 0) is 30.7 Å². The lowest BCUT2D eigenvalue weighted by Gasteiger charge is -2.26. The number of methoxy groups -OCH3 is 1. The van der Waals surface area contributed by atoms with Crippen molar-refractivity contribution >= 4 is 45.7 Å². The molecule has 10 nitrogen and oxygen atoms in total. The molecule has 0 saturated carbocycles. The molecule has 2 N–H and O–H groups in total. The van der Waals surface area contributed by atoms with E-state index in [1.165, 1.54) is 0 Å². The molecule has 0 radical (unpaired) electrons. The lowest BCUT2D eigenvalue weighted by Crippen LogP contribution is -2.37. The summed E-state index contributed by atoms with van der Waals surface area (Å²) in [6.07, 6.45) is 2.45. The number of nitrogens with one attached hydrogen (secondary N) is 2. The first-order chi connectivity index (χ1) is 16.7. The van der Waals surface area contributed by atoms with Crippen molar-refractivity contribution in [3.8, 4) is 17.6 Å². The van der Waals surface area contributed by atoms with E-state index in [1.807, 2.05) is 30.3 Å². The molecular formula is C24H26ClN7O3. The summed E-state index contributed by atoms with van der Waals surface area (Å²) in [6, 6.07) is 11.6. The quantitative estimate of drug-likeness (QED) is 0.353. The van der Waals surface area contributed by atoms with E-state index in [9.17, 15) is 5.26 Å². The molecule has 11 heteroatoms. The van der Waals surface area contributed by atoms with Gasteiger partial charge in [0.2, 0.25) is 0 Å². The summed E-state index contributed by atoms with van der Waals surface area (Å²) in [7, 11) is 1.61. The van der Waals surface area contributed by atoms with Gasteiger partial charge in [-0.15, -0.1) is 12.4 Å². The molecule has 1 fully saturated rings. The zero-order chi connectivity index (χ0) is 23.3. The maximum Gasteiger partial charge on any atom is 0.162 e. The van der Waals surface area contributed by atoms with Crippen molar-refractivity contribution in [1.29, 1.82) is 5.26 Å².